The lowest BCUT2D eigenvalue weighted by Gasteiger charge is -2.11. The number of aryl methyl sites for hydroxylation is 1. The number of ether oxygens (including phenoxy) is 2. The summed E-state index contributed by atoms with van der Waals surface area (Å²) in [4.78, 5) is 27.8. The van der Waals surface area contributed by atoms with Crippen molar-refractivity contribution in [2.45, 2.75) is 26.3 Å². The highest BCUT2D eigenvalue weighted by Crippen LogP contribution is 2.27. The van der Waals surface area contributed by atoms with E-state index in [-0.39, 0.29) is 11.8 Å². The van der Waals surface area contributed by atoms with Gasteiger partial charge in [-0.05, 0) is 36.2 Å². The van der Waals surface area contributed by atoms with E-state index in [0.717, 1.165) is 21.3 Å². The predicted molar refractivity (Wildman–Crippen MR) is 114 cm³/mol. The van der Waals surface area contributed by atoms with Crippen LogP contribution in [0.5, 0.6) is 11.5 Å². The van der Waals surface area contributed by atoms with Gasteiger partial charge in [0.05, 0.1) is 24.4 Å². The van der Waals surface area contributed by atoms with Gasteiger partial charge in [-0.3, -0.25) is 9.59 Å². The summed E-state index contributed by atoms with van der Waals surface area (Å²) in [6.45, 7) is 1.84. The van der Waals surface area contributed by atoms with E-state index < -0.39 is 0 Å². The normalized spacial score (nSPS) is 10.6. The molecule has 0 atom stereocenters. The average molecular weight is 413 g/mol. The summed E-state index contributed by atoms with van der Waals surface area (Å²) in [7, 11) is 3.19. The van der Waals surface area contributed by atoms with Crippen LogP contribution in [-0.4, -0.2) is 31.0 Å². The lowest BCUT2D eigenvalue weighted by Crippen LogP contribution is -2.23. The molecule has 0 spiro atoms. The first-order valence-electron chi connectivity index (χ1n) is 9.13. The van der Waals surface area contributed by atoms with Gasteiger partial charge in [0.25, 0.3) is 0 Å². The Labute approximate surface area is 173 Å². The number of amides is 2. The Hall–Kier alpha value is -3.13. The van der Waals surface area contributed by atoms with Gasteiger partial charge in [0.15, 0.2) is 5.13 Å². The van der Waals surface area contributed by atoms with Gasteiger partial charge in [-0.15, -0.1) is 0 Å². The van der Waals surface area contributed by atoms with Crippen LogP contribution in [0.25, 0.3) is 10.2 Å². The van der Waals surface area contributed by atoms with Crippen molar-refractivity contribution in [3.63, 3.8) is 0 Å². The third-order valence-electron chi connectivity index (χ3n) is 4.35. The summed E-state index contributed by atoms with van der Waals surface area (Å²) >= 11 is 1.42. The first-order chi connectivity index (χ1) is 14.0. The summed E-state index contributed by atoms with van der Waals surface area (Å²) in [6, 6.07) is 11.4. The van der Waals surface area contributed by atoms with E-state index in [1.54, 1.807) is 20.3 Å². The zero-order chi connectivity index (χ0) is 20.8. The predicted octanol–water partition coefficient (Wildman–Crippen LogP) is 3.52. The molecule has 29 heavy (non-hydrogen) atoms. The number of nitrogens with one attached hydrogen (secondary N) is 2. The number of aromatic nitrogens is 1. The second-order valence-corrected chi connectivity index (χ2v) is 7.49. The Morgan fingerprint density at radius 1 is 1.10 bits per heavy atom. The van der Waals surface area contributed by atoms with Crippen LogP contribution < -0.4 is 20.1 Å². The number of carbonyl (C=O) groups is 2. The van der Waals surface area contributed by atoms with Crippen LogP contribution in [0.4, 0.5) is 5.13 Å². The van der Waals surface area contributed by atoms with Crippen molar-refractivity contribution in [1.82, 2.24) is 10.3 Å². The highest BCUT2D eigenvalue weighted by Gasteiger charge is 2.09. The zero-order valence-corrected chi connectivity index (χ0v) is 17.4. The molecule has 3 rings (SSSR count). The van der Waals surface area contributed by atoms with Crippen LogP contribution >= 0.6 is 11.3 Å². The number of anilines is 1. The monoisotopic (exact) mass is 413 g/mol. The largest absolute Gasteiger partial charge is 0.497 e. The van der Waals surface area contributed by atoms with Crippen molar-refractivity contribution >= 4 is 38.5 Å². The first-order valence-corrected chi connectivity index (χ1v) is 9.95. The Balaban J connectivity index is 1.56. The van der Waals surface area contributed by atoms with Crippen molar-refractivity contribution in [3.05, 3.63) is 47.5 Å². The molecule has 0 aliphatic heterocycles. The number of hydrogen-bond donors (Lipinski definition) is 2. The number of benzene rings is 2. The van der Waals surface area contributed by atoms with Crippen LogP contribution in [0, 0.1) is 0 Å². The molecule has 0 radical (unpaired) electrons. The Bertz CT molecular complexity index is 1030. The number of carbonyl (C=O) groups excluding carboxylic acids is 2. The fourth-order valence-electron chi connectivity index (χ4n) is 2.87. The van der Waals surface area contributed by atoms with E-state index in [2.05, 4.69) is 15.6 Å². The van der Waals surface area contributed by atoms with E-state index in [0.29, 0.717) is 36.0 Å². The first kappa shape index (κ1) is 20.6. The molecule has 0 unspecified atom stereocenters. The molecule has 0 aliphatic carbocycles. The highest BCUT2D eigenvalue weighted by atomic mass is 32.1. The fourth-order valence-corrected chi connectivity index (χ4v) is 3.84. The maximum Gasteiger partial charge on any atom is 0.223 e. The molecule has 1 aromatic heterocycles. The lowest BCUT2D eigenvalue weighted by atomic mass is 10.1. The number of fused-ring (bicyclic) bond motifs is 1. The molecular weight excluding hydrogens is 390 g/mol. The molecule has 2 N–H and O–H groups in total. The molecule has 0 aliphatic rings. The number of rotatable bonds is 8. The Morgan fingerprint density at radius 2 is 1.93 bits per heavy atom. The van der Waals surface area contributed by atoms with E-state index in [4.69, 9.17) is 9.47 Å². The van der Waals surface area contributed by atoms with Gasteiger partial charge in [0.1, 0.15) is 11.5 Å². The fraction of sp³-hybridized carbons (Fsp3) is 0.286. The molecule has 3 aromatic rings. The molecule has 8 heteroatoms. The molecule has 0 saturated heterocycles. The minimum atomic E-state index is -0.144. The summed E-state index contributed by atoms with van der Waals surface area (Å²) in [5.74, 6) is 1.20. The quantitative estimate of drug-likeness (QED) is 0.590. The zero-order valence-electron chi connectivity index (χ0n) is 16.6. The average Bonchev–Trinajstić information content (AvgIpc) is 3.11. The molecule has 1 heterocycles. The molecule has 2 amide bonds. The summed E-state index contributed by atoms with van der Waals surface area (Å²) in [6.07, 6.45) is 0.996. The van der Waals surface area contributed by atoms with Crippen LogP contribution in [0.3, 0.4) is 0 Å². The van der Waals surface area contributed by atoms with Crippen molar-refractivity contribution in [1.29, 1.82) is 0 Å². The van der Waals surface area contributed by atoms with Crippen LogP contribution in [0.2, 0.25) is 0 Å². The number of hydrogen-bond acceptors (Lipinski definition) is 6. The SMILES string of the molecule is COc1ccc(CNC(=O)CCc2ccc3nc(NC(C)=O)sc3c2)c(OC)c1. The number of methoxy groups -OCH3 is 2. The van der Waals surface area contributed by atoms with Crippen molar-refractivity contribution in [3.8, 4) is 11.5 Å². The maximum atomic E-state index is 12.3. The van der Waals surface area contributed by atoms with Crippen molar-refractivity contribution in [2.24, 2.45) is 0 Å². The highest BCUT2D eigenvalue weighted by molar-refractivity contribution is 7.22. The Morgan fingerprint density at radius 3 is 2.66 bits per heavy atom. The lowest BCUT2D eigenvalue weighted by molar-refractivity contribution is -0.121. The smallest absolute Gasteiger partial charge is 0.223 e. The van der Waals surface area contributed by atoms with E-state index in [1.807, 2.05) is 30.3 Å². The van der Waals surface area contributed by atoms with Gasteiger partial charge in [-0.2, -0.15) is 0 Å². The second kappa shape index (κ2) is 9.38. The van der Waals surface area contributed by atoms with Gasteiger partial charge < -0.3 is 20.1 Å². The standard InChI is InChI=1S/C21H23N3O4S/c1-13(25)23-21-24-17-8-4-14(10-19(17)29-21)5-9-20(26)22-12-15-6-7-16(27-2)11-18(15)28-3/h4,6-8,10-11H,5,9,12H2,1-3H3,(H,22,26)(H,23,24,25). The summed E-state index contributed by atoms with van der Waals surface area (Å²) in [5, 5.41) is 6.21. The van der Waals surface area contributed by atoms with Crippen molar-refractivity contribution in [2.75, 3.05) is 19.5 Å². The molecule has 7 nitrogen and oxygen atoms in total. The molecule has 0 saturated carbocycles. The Kier molecular flexibility index (Phi) is 6.66. The van der Waals surface area contributed by atoms with Crippen LogP contribution in [0.15, 0.2) is 36.4 Å². The van der Waals surface area contributed by atoms with E-state index in [9.17, 15) is 9.59 Å². The minimum absolute atomic E-state index is 0.0359. The van der Waals surface area contributed by atoms with Gasteiger partial charge in [-0.1, -0.05) is 17.4 Å². The topological polar surface area (TPSA) is 89.5 Å². The minimum Gasteiger partial charge on any atom is -0.497 e. The molecular formula is C21H23N3O4S. The van der Waals surface area contributed by atoms with Gasteiger partial charge in [0.2, 0.25) is 11.8 Å². The van der Waals surface area contributed by atoms with E-state index >= 15 is 0 Å². The molecule has 0 bridgehead atoms. The van der Waals surface area contributed by atoms with Gasteiger partial charge >= 0.3 is 0 Å². The summed E-state index contributed by atoms with van der Waals surface area (Å²) in [5.41, 5.74) is 2.77. The van der Waals surface area contributed by atoms with Gasteiger partial charge in [0, 0.05) is 31.5 Å². The third kappa shape index (κ3) is 5.45. The van der Waals surface area contributed by atoms with Gasteiger partial charge in [-0.25, -0.2) is 4.98 Å². The van der Waals surface area contributed by atoms with Crippen LogP contribution in [-0.2, 0) is 22.6 Å². The number of nitrogens with zero attached hydrogens (tertiary/aromatic N) is 1. The molecule has 152 valence electrons. The van der Waals surface area contributed by atoms with Crippen molar-refractivity contribution < 1.29 is 19.1 Å². The second-order valence-electron chi connectivity index (χ2n) is 6.46. The number of thiazole rings is 1. The summed E-state index contributed by atoms with van der Waals surface area (Å²) < 4.78 is 11.5. The third-order valence-corrected chi connectivity index (χ3v) is 5.28. The maximum absolute atomic E-state index is 12.3. The molecule has 0 fully saturated rings. The van der Waals surface area contributed by atoms with Crippen LogP contribution in [0.1, 0.15) is 24.5 Å². The molecule has 2 aromatic carbocycles. The van der Waals surface area contributed by atoms with E-state index in [1.165, 1.54) is 18.3 Å².